The summed E-state index contributed by atoms with van der Waals surface area (Å²) in [7, 11) is 0. The number of nitrogens with two attached hydrogens (primary N) is 1. The number of aliphatic hydroxyl groups is 1. The molecule has 0 spiro atoms. The molecule has 0 saturated carbocycles. The minimum absolute atomic E-state index is 0.123. The maximum atomic E-state index is 8.44. The van der Waals surface area contributed by atoms with Crippen LogP contribution in [0.5, 0.6) is 0 Å². The van der Waals surface area contributed by atoms with Crippen LogP contribution in [-0.2, 0) is 0 Å². The van der Waals surface area contributed by atoms with Crippen LogP contribution in [0.4, 0.5) is 0 Å². The van der Waals surface area contributed by atoms with Crippen LogP contribution in [0.3, 0.4) is 0 Å². The van der Waals surface area contributed by atoms with E-state index < -0.39 is 0 Å². The molecule has 3 N–H and O–H groups in total. The predicted molar refractivity (Wildman–Crippen MR) is 38.0 cm³/mol. The summed E-state index contributed by atoms with van der Waals surface area (Å²) in [6.07, 6.45) is 1.42. The number of rotatable bonds is 3. The van der Waals surface area contributed by atoms with Crippen molar-refractivity contribution in [2.45, 2.75) is 5.16 Å². The van der Waals surface area contributed by atoms with Crippen molar-refractivity contribution in [1.29, 1.82) is 0 Å². The van der Waals surface area contributed by atoms with Gasteiger partial charge in [0.15, 0.2) is 0 Å². The lowest BCUT2D eigenvalue weighted by molar-refractivity contribution is 0.322. The summed E-state index contributed by atoms with van der Waals surface area (Å²) < 4.78 is 1.32. The quantitative estimate of drug-likeness (QED) is 0.441. The second-order valence-electron chi connectivity index (χ2n) is 1.59. The number of nitrogen functional groups attached to an aromatic ring is 1. The minimum Gasteiger partial charge on any atom is -0.396 e. The van der Waals surface area contributed by atoms with Crippen molar-refractivity contribution in [2.75, 3.05) is 18.2 Å². The highest BCUT2D eigenvalue weighted by Gasteiger charge is 1.99. The summed E-state index contributed by atoms with van der Waals surface area (Å²) in [6.45, 7) is 0.123. The average molecular weight is 160 g/mol. The van der Waals surface area contributed by atoms with Gasteiger partial charge in [0.25, 0.3) is 0 Å². The van der Waals surface area contributed by atoms with Crippen molar-refractivity contribution in [3.8, 4) is 0 Å². The first-order valence-electron chi connectivity index (χ1n) is 2.73. The van der Waals surface area contributed by atoms with Gasteiger partial charge < -0.3 is 10.9 Å². The SMILES string of the molecule is Nn1cnnc1SCCO. The lowest BCUT2D eigenvalue weighted by Crippen LogP contribution is -2.08. The molecule has 0 aliphatic rings. The van der Waals surface area contributed by atoms with E-state index in [1.807, 2.05) is 0 Å². The van der Waals surface area contributed by atoms with Crippen molar-refractivity contribution in [3.05, 3.63) is 6.33 Å². The Hall–Kier alpha value is -0.750. The molecule has 0 atom stereocenters. The monoisotopic (exact) mass is 160 g/mol. The minimum atomic E-state index is 0.123. The molecule has 0 unspecified atom stereocenters. The fraction of sp³-hybridized carbons (Fsp3) is 0.500. The third-order valence-electron chi connectivity index (χ3n) is 0.863. The lowest BCUT2D eigenvalue weighted by atomic mass is 10.9. The van der Waals surface area contributed by atoms with Crippen LogP contribution in [0.15, 0.2) is 11.5 Å². The van der Waals surface area contributed by atoms with Crippen LogP contribution >= 0.6 is 11.8 Å². The third kappa shape index (κ3) is 1.61. The molecule has 1 aromatic rings. The number of aliphatic hydroxyl groups excluding tert-OH is 1. The van der Waals surface area contributed by atoms with Gasteiger partial charge in [-0.15, -0.1) is 10.2 Å². The fourth-order valence-electron chi connectivity index (χ4n) is 0.472. The van der Waals surface area contributed by atoms with Crippen molar-refractivity contribution in [1.82, 2.24) is 14.9 Å². The zero-order chi connectivity index (χ0) is 7.40. The Morgan fingerprint density at radius 1 is 1.80 bits per heavy atom. The highest BCUT2D eigenvalue weighted by atomic mass is 32.2. The molecule has 5 nitrogen and oxygen atoms in total. The van der Waals surface area contributed by atoms with E-state index in [1.165, 1.54) is 22.8 Å². The van der Waals surface area contributed by atoms with Gasteiger partial charge in [-0.2, -0.15) is 0 Å². The lowest BCUT2D eigenvalue weighted by Gasteiger charge is -1.95. The van der Waals surface area contributed by atoms with Crippen LogP contribution in [0, 0.1) is 0 Å². The van der Waals surface area contributed by atoms with Crippen LogP contribution in [0.25, 0.3) is 0 Å². The summed E-state index contributed by atoms with van der Waals surface area (Å²) in [4.78, 5) is 0. The van der Waals surface area contributed by atoms with Crippen molar-refractivity contribution in [2.24, 2.45) is 0 Å². The summed E-state index contributed by atoms with van der Waals surface area (Å²) in [5.41, 5.74) is 0. The Labute approximate surface area is 62.2 Å². The number of hydrogen-bond acceptors (Lipinski definition) is 5. The molecule has 10 heavy (non-hydrogen) atoms. The van der Waals surface area contributed by atoms with Gasteiger partial charge in [0.05, 0.1) is 6.61 Å². The van der Waals surface area contributed by atoms with Gasteiger partial charge >= 0.3 is 0 Å². The molecule has 56 valence electrons. The van der Waals surface area contributed by atoms with Gasteiger partial charge in [0.2, 0.25) is 5.16 Å². The molecule has 0 aliphatic heterocycles. The van der Waals surface area contributed by atoms with Gasteiger partial charge in [0, 0.05) is 5.75 Å². The molecule has 0 fully saturated rings. The second kappa shape index (κ2) is 3.43. The molecule has 0 aromatic carbocycles. The molecule has 0 saturated heterocycles. The molecule has 0 amide bonds. The molecule has 1 aromatic heterocycles. The number of aromatic nitrogens is 3. The average Bonchev–Trinajstić information content (AvgIpc) is 2.31. The normalized spacial score (nSPS) is 10.1. The van der Waals surface area contributed by atoms with Crippen molar-refractivity contribution in [3.63, 3.8) is 0 Å². The fourth-order valence-corrected chi connectivity index (χ4v) is 1.05. The zero-order valence-corrected chi connectivity index (χ0v) is 6.08. The second-order valence-corrected chi connectivity index (χ2v) is 2.65. The highest BCUT2D eigenvalue weighted by molar-refractivity contribution is 7.99. The Bertz CT molecular complexity index is 201. The van der Waals surface area contributed by atoms with Crippen LogP contribution in [-0.4, -0.2) is 32.3 Å². The highest BCUT2D eigenvalue weighted by Crippen LogP contribution is 2.10. The largest absolute Gasteiger partial charge is 0.396 e. The molecule has 0 radical (unpaired) electrons. The summed E-state index contributed by atoms with van der Waals surface area (Å²) in [5, 5.41) is 16.3. The smallest absolute Gasteiger partial charge is 0.209 e. The Kier molecular flexibility index (Phi) is 2.52. The van der Waals surface area contributed by atoms with E-state index in [0.29, 0.717) is 10.9 Å². The van der Waals surface area contributed by atoms with Crippen molar-refractivity contribution >= 4 is 11.8 Å². The molecular weight excluding hydrogens is 152 g/mol. The van der Waals surface area contributed by atoms with E-state index in [-0.39, 0.29) is 6.61 Å². The molecule has 0 bridgehead atoms. The van der Waals surface area contributed by atoms with E-state index in [0.717, 1.165) is 0 Å². The van der Waals surface area contributed by atoms with E-state index >= 15 is 0 Å². The van der Waals surface area contributed by atoms with Gasteiger partial charge in [-0.25, -0.2) is 4.68 Å². The molecular formula is C4H8N4OS. The summed E-state index contributed by atoms with van der Waals surface area (Å²) >= 11 is 1.37. The maximum absolute atomic E-state index is 8.44. The molecule has 1 rings (SSSR count). The van der Waals surface area contributed by atoms with Crippen LogP contribution in [0.2, 0.25) is 0 Å². The van der Waals surface area contributed by atoms with Gasteiger partial charge in [-0.05, 0) is 0 Å². The van der Waals surface area contributed by atoms with Gasteiger partial charge in [0.1, 0.15) is 6.33 Å². The summed E-state index contributed by atoms with van der Waals surface area (Å²) in [6, 6.07) is 0. The van der Waals surface area contributed by atoms with E-state index in [2.05, 4.69) is 10.2 Å². The first-order chi connectivity index (χ1) is 4.84. The van der Waals surface area contributed by atoms with Crippen LogP contribution in [0.1, 0.15) is 0 Å². The zero-order valence-electron chi connectivity index (χ0n) is 5.27. The molecule has 1 heterocycles. The van der Waals surface area contributed by atoms with E-state index in [9.17, 15) is 0 Å². The maximum Gasteiger partial charge on any atom is 0.209 e. The predicted octanol–water partition coefficient (Wildman–Crippen LogP) is -0.924. The topological polar surface area (TPSA) is 77.0 Å². The first kappa shape index (κ1) is 7.36. The Morgan fingerprint density at radius 2 is 2.60 bits per heavy atom. The van der Waals surface area contributed by atoms with E-state index in [4.69, 9.17) is 10.9 Å². The third-order valence-corrected chi connectivity index (χ3v) is 1.80. The number of hydrogen-bond donors (Lipinski definition) is 2. The van der Waals surface area contributed by atoms with Crippen LogP contribution < -0.4 is 5.84 Å². The number of nitrogens with zero attached hydrogens (tertiary/aromatic N) is 3. The van der Waals surface area contributed by atoms with Gasteiger partial charge in [-0.1, -0.05) is 11.8 Å². The number of thioether (sulfide) groups is 1. The Morgan fingerprint density at radius 3 is 3.10 bits per heavy atom. The van der Waals surface area contributed by atoms with Crippen molar-refractivity contribution < 1.29 is 5.11 Å². The van der Waals surface area contributed by atoms with E-state index in [1.54, 1.807) is 0 Å². The first-order valence-corrected chi connectivity index (χ1v) is 3.72. The Balaban J connectivity index is 2.49. The molecule has 0 aliphatic carbocycles. The summed E-state index contributed by atoms with van der Waals surface area (Å²) in [5.74, 6) is 5.96. The standard InChI is InChI=1S/C4H8N4OS/c5-8-3-6-7-4(8)10-2-1-9/h3,9H,1-2,5H2. The molecule has 6 heteroatoms. The van der Waals surface area contributed by atoms with Gasteiger partial charge in [-0.3, -0.25) is 0 Å².